The van der Waals surface area contributed by atoms with Gasteiger partial charge in [-0.05, 0) is 49.5 Å². The van der Waals surface area contributed by atoms with Gasteiger partial charge in [0.15, 0.2) is 0 Å². The first-order chi connectivity index (χ1) is 9.85. The Morgan fingerprint density at radius 2 is 2.00 bits per heavy atom. The fraction of sp³-hybridized carbons (Fsp3) is 0.875. The summed E-state index contributed by atoms with van der Waals surface area (Å²) >= 11 is 0. The van der Waals surface area contributed by atoms with E-state index in [1.54, 1.807) is 4.90 Å². The second-order valence-electron chi connectivity index (χ2n) is 7.39. The third-order valence-corrected chi connectivity index (χ3v) is 5.30. The van der Waals surface area contributed by atoms with Crippen molar-refractivity contribution >= 4 is 11.9 Å². The van der Waals surface area contributed by atoms with E-state index >= 15 is 0 Å². The Labute approximate surface area is 126 Å². The van der Waals surface area contributed by atoms with Crippen LogP contribution in [0.2, 0.25) is 0 Å². The lowest BCUT2D eigenvalue weighted by Crippen LogP contribution is -2.43. The van der Waals surface area contributed by atoms with E-state index in [2.05, 4.69) is 13.8 Å². The van der Waals surface area contributed by atoms with Crippen LogP contribution >= 0.6 is 0 Å². The lowest BCUT2D eigenvalue weighted by molar-refractivity contribution is -0.149. The third kappa shape index (κ3) is 3.57. The first kappa shape index (κ1) is 16.3. The van der Waals surface area contributed by atoms with Crippen LogP contribution in [-0.4, -0.2) is 41.0 Å². The SMILES string of the molecule is CC(C)(CCN)CCC(=O)N1CC2CCCC2C1C(=O)O. The number of fused-ring (bicyclic) bond motifs is 1. The molecule has 5 heteroatoms. The van der Waals surface area contributed by atoms with Gasteiger partial charge in [-0.1, -0.05) is 20.3 Å². The monoisotopic (exact) mass is 296 g/mol. The Kier molecular flexibility index (Phi) is 4.91. The molecule has 1 saturated carbocycles. The van der Waals surface area contributed by atoms with Crippen molar-refractivity contribution in [3.63, 3.8) is 0 Å². The second-order valence-corrected chi connectivity index (χ2v) is 7.39. The van der Waals surface area contributed by atoms with Gasteiger partial charge in [-0.2, -0.15) is 0 Å². The maximum atomic E-state index is 12.5. The van der Waals surface area contributed by atoms with Gasteiger partial charge < -0.3 is 15.7 Å². The molecule has 0 bridgehead atoms. The zero-order valence-electron chi connectivity index (χ0n) is 13.2. The van der Waals surface area contributed by atoms with E-state index in [-0.39, 0.29) is 17.2 Å². The summed E-state index contributed by atoms with van der Waals surface area (Å²) in [6.07, 6.45) is 5.19. The number of carboxylic acids is 1. The van der Waals surface area contributed by atoms with Crippen LogP contribution in [0.3, 0.4) is 0 Å². The molecule has 3 N–H and O–H groups in total. The molecule has 2 rings (SSSR count). The molecule has 21 heavy (non-hydrogen) atoms. The quantitative estimate of drug-likeness (QED) is 0.783. The van der Waals surface area contributed by atoms with E-state index in [1.807, 2.05) is 0 Å². The molecule has 1 aliphatic carbocycles. The number of carbonyl (C=O) groups excluding carboxylic acids is 1. The van der Waals surface area contributed by atoms with Crippen molar-refractivity contribution in [3.05, 3.63) is 0 Å². The van der Waals surface area contributed by atoms with Crippen LogP contribution < -0.4 is 5.73 Å². The molecule has 0 aromatic rings. The van der Waals surface area contributed by atoms with Crippen LogP contribution in [0.1, 0.15) is 52.4 Å². The Balaban J connectivity index is 1.97. The average molecular weight is 296 g/mol. The van der Waals surface area contributed by atoms with E-state index in [1.165, 1.54) is 0 Å². The summed E-state index contributed by atoms with van der Waals surface area (Å²) in [5, 5.41) is 9.48. The summed E-state index contributed by atoms with van der Waals surface area (Å²) in [7, 11) is 0. The lowest BCUT2D eigenvalue weighted by atomic mass is 9.84. The number of hydrogen-bond acceptors (Lipinski definition) is 3. The van der Waals surface area contributed by atoms with Crippen LogP contribution in [0.5, 0.6) is 0 Å². The zero-order valence-corrected chi connectivity index (χ0v) is 13.2. The number of amides is 1. The molecule has 120 valence electrons. The third-order valence-electron chi connectivity index (χ3n) is 5.30. The smallest absolute Gasteiger partial charge is 0.326 e. The van der Waals surface area contributed by atoms with Gasteiger partial charge in [0, 0.05) is 13.0 Å². The highest BCUT2D eigenvalue weighted by Gasteiger charge is 2.49. The van der Waals surface area contributed by atoms with Gasteiger partial charge >= 0.3 is 5.97 Å². The molecule has 0 radical (unpaired) electrons. The van der Waals surface area contributed by atoms with E-state index < -0.39 is 12.0 Å². The van der Waals surface area contributed by atoms with Crippen LogP contribution in [-0.2, 0) is 9.59 Å². The number of nitrogens with zero attached hydrogens (tertiary/aromatic N) is 1. The molecular weight excluding hydrogens is 268 g/mol. The van der Waals surface area contributed by atoms with E-state index in [9.17, 15) is 14.7 Å². The molecule has 1 heterocycles. The summed E-state index contributed by atoms with van der Waals surface area (Å²) in [4.78, 5) is 25.7. The Bertz CT molecular complexity index is 408. The number of nitrogens with two attached hydrogens (primary N) is 1. The molecule has 2 fully saturated rings. The summed E-state index contributed by atoms with van der Waals surface area (Å²) in [6.45, 7) is 5.48. The predicted octanol–water partition coefficient (Wildman–Crippen LogP) is 1.85. The number of aliphatic carboxylic acids is 1. The fourth-order valence-corrected chi connectivity index (χ4v) is 3.98. The molecule has 3 atom stereocenters. The van der Waals surface area contributed by atoms with Crippen molar-refractivity contribution < 1.29 is 14.7 Å². The fourth-order valence-electron chi connectivity index (χ4n) is 3.98. The van der Waals surface area contributed by atoms with Gasteiger partial charge in [0.05, 0.1) is 0 Å². The Morgan fingerprint density at radius 3 is 2.62 bits per heavy atom. The molecule has 0 aromatic heterocycles. The number of carbonyl (C=O) groups is 2. The lowest BCUT2D eigenvalue weighted by Gasteiger charge is -2.27. The van der Waals surface area contributed by atoms with E-state index in [0.717, 1.165) is 32.1 Å². The first-order valence-electron chi connectivity index (χ1n) is 8.08. The van der Waals surface area contributed by atoms with E-state index in [4.69, 9.17) is 5.73 Å². The highest BCUT2D eigenvalue weighted by atomic mass is 16.4. The average Bonchev–Trinajstić information content (AvgIpc) is 2.95. The van der Waals surface area contributed by atoms with Gasteiger partial charge in [-0.3, -0.25) is 4.79 Å². The van der Waals surface area contributed by atoms with Crippen LogP contribution in [0.4, 0.5) is 0 Å². The number of likely N-dealkylation sites (tertiary alicyclic amines) is 1. The molecule has 3 unspecified atom stereocenters. The van der Waals surface area contributed by atoms with Gasteiger partial charge in [0.1, 0.15) is 6.04 Å². The first-order valence-corrected chi connectivity index (χ1v) is 8.08. The Morgan fingerprint density at radius 1 is 1.29 bits per heavy atom. The van der Waals surface area contributed by atoms with Crippen LogP contribution in [0.25, 0.3) is 0 Å². The molecule has 1 saturated heterocycles. The highest BCUT2D eigenvalue weighted by Crippen LogP contribution is 2.42. The summed E-state index contributed by atoms with van der Waals surface area (Å²) in [5.41, 5.74) is 5.63. The van der Waals surface area contributed by atoms with Crippen LogP contribution in [0.15, 0.2) is 0 Å². The maximum Gasteiger partial charge on any atom is 0.326 e. The molecular formula is C16H28N2O3. The van der Waals surface area contributed by atoms with Gasteiger partial charge in [-0.15, -0.1) is 0 Å². The van der Waals surface area contributed by atoms with Crippen molar-refractivity contribution in [3.8, 4) is 0 Å². The summed E-state index contributed by atoms with van der Waals surface area (Å²) in [6, 6.07) is -0.595. The normalized spacial score (nSPS) is 28.7. The van der Waals surface area contributed by atoms with Gasteiger partial charge in [0.25, 0.3) is 0 Å². The molecule has 5 nitrogen and oxygen atoms in total. The number of rotatable bonds is 6. The number of hydrogen-bond donors (Lipinski definition) is 2. The highest BCUT2D eigenvalue weighted by molar-refractivity contribution is 5.84. The minimum atomic E-state index is -0.834. The van der Waals surface area contributed by atoms with Gasteiger partial charge in [-0.25, -0.2) is 4.79 Å². The second kappa shape index (κ2) is 6.34. The zero-order chi connectivity index (χ0) is 15.6. The minimum absolute atomic E-state index is 0.00176. The maximum absolute atomic E-state index is 12.5. The molecule has 0 aromatic carbocycles. The van der Waals surface area contributed by atoms with E-state index in [0.29, 0.717) is 25.4 Å². The predicted molar refractivity (Wildman–Crippen MR) is 80.7 cm³/mol. The van der Waals surface area contributed by atoms with Crippen LogP contribution in [0, 0.1) is 17.3 Å². The minimum Gasteiger partial charge on any atom is -0.480 e. The standard InChI is InChI=1S/C16H28N2O3/c1-16(2,8-9-17)7-6-13(19)18-10-11-4-3-5-12(11)14(18)15(20)21/h11-12,14H,3-10,17H2,1-2H3,(H,20,21). The Hall–Kier alpha value is -1.10. The van der Waals surface area contributed by atoms with Crippen molar-refractivity contribution in [2.45, 2.75) is 58.4 Å². The molecule has 1 amide bonds. The van der Waals surface area contributed by atoms with Crippen molar-refractivity contribution in [1.82, 2.24) is 4.90 Å². The largest absolute Gasteiger partial charge is 0.480 e. The van der Waals surface area contributed by atoms with Crippen molar-refractivity contribution in [1.29, 1.82) is 0 Å². The summed E-state index contributed by atoms with van der Waals surface area (Å²) in [5.74, 6) is -0.267. The van der Waals surface area contributed by atoms with Crippen molar-refractivity contribution in [2.75, 3.05) is 13.1 Å². The van der Waals surface area contributed by atoms with Crippen molar-refractivity contribution in [2.24, 2.45) is 23.0 Å². The molecule has 0 spiro atoms. The molecule has 1 aliphatic heterocycles. The molecule has 2 aliphatic rings. The number of carboxylic acid groups (broad SMARTS) is 1. The topological polar surface area (TPSA) is 83.6 Å². The van der Waals surface area contributed by atoms with Gasteiger partial charge in [0.2, 0.25) is 5.91 Å². The summed E-state index contributed by atoms with van der Waals surface area (Å²) < 4.78 is 0.